The molecule has 1 saturated heterocycles. The van der Waals surface area contributed by atoms with Gasteiger partial charge in [-0.05, 0) is 12.5 Å². The maximum Gasteiger partial charge on any atom is 0.433 e. The number of nitrogens with zero attached hydrogens (tertiary/aromatic N) is 3. The van der Waals surface area contributed by atoms with Crippen LogP contribution in [0.25, 0.3) is 0 Å². The first kappa shape index (κ1) is 13.0. The zero-order valence-electron chi connectivity index (χ0n) is 9.16. The Labute approximate surface area is 99.6 Å². The summed E-state index contributed by atoms with van der Waals surface area (Å²) in [5.74, 6) is -0.976. The lowest BCUT2D eigenvalue weighted by molar-refractivity contribution is -0.141. The highest BCUT2D eigenvalue weighted by molar-refractivity contribution is 5.32. The quantitative estimate of drug-likeness (QED) is 0.771. The smallest absolute Gasteiger partial charge is 0.340 e. The summed E-state index contributed by atoms with van der Waals surface area (Å²) in [4.78, 5) is 8.42. The van der Waals surface area contributed by atoms with Crippen molar-refractivity contribution in [1.82, 2.24) is 9.97 Å². The van der Waals surface area contributed by atoms with Crippen LogP contribution in [0.5, 0.6) is 0 Å². The molecule has 0 amide bonds. The molecule has 1 aliphatic heterocycles. The molecule has 0 N–H and O–H groups in total. The Bertz CT molecular complexity index is 420. The molecule has 3 nitrogen and oxygen atoms in total. The highest BCUT2D eigenvalue weighted by atomic mass is 19.4. The Morgan fingerprint density at radius 2 is 2.06 bits per heavy atom. The molecule has 1 aliphatic rings. The lowest BCUT2D eigenvalue weighted by Crippen LogP contribution is -2.25. The van der Waals surface area contributed by atoms with E-state index in [9.17, 15) is 22.0 Å². The topological polar surface area (TPSA) is 29.0 Å². The van der Waals surface area contributed by atoms with Crippen LogP contribution in [0, 0.1) is 5.92 Å². The zero-order chi connectivity index (χ0) is 13.3. The largest absolute Gasteiger partial charge is 0.433 e. The predicted molar refractivity (Wildman–Crippen MR) is 53.4 cm³/mol. The number of alkyl halides is 5. The number of hydrogen-bond acceptors (Lipinski definition) is 3. The molecular weight excluding hydrogens is 257 g/mol. The molecule has 0 bridgehead atoms. The van der Waals surface area contributed by atoms with E-state index in [1.54, 1.807) is 0 Å². The predicted octanol–water partition coefficient (Wildman–Crippen LogP) is 2.59. The first-order valence-electron chi connectivity index (χ1n) is 5.31. The molecule has 18 heavy (non-hydrogen) atoms. The van der Waals surface area contributed by atoms with E-state index in [-0.39, 0.29) is 25.5 Å². The van der Waals surface area contributed by atoms with Gasteiger partial charge in [-0.1, -0.05) is 0 Å². The fourth-order valence-electron chi connectivity index (χ4n) is 1.83. The van der Waals surface area contributed by atoms with Crippen molar-refractivity contribution in [1.29, 1.82) is 0 Å². The summed E-state index contributed by atoms with van der Waals surface area (Å²) in [5.41, 5.74) is -1.06. The van der Waals surface area contributed by atoms with Crippen LogP contribution < -0.4 is 4.90 Å². The summed E-state index contributed by atoms with van der Waals surface area (Å²) in [6, 6.07) is 0.754. The van der Waals surface area contributed by atoms with E-state index in [0.29, 0.717) is 0 Å². The molecule has 0 aliphatic carbocycles. The number of aromatic nitrogens is 2. The SMILES string of the molecule is FC(F)C1CCN(c2nccc(C(F)(F)F)n2)C1. The monoisotopic (exact) mass is 267 g/mol. The molecule has 0 spiro atoms. The van der Waals surface area contributed by atoms with Gasteiger partial charge in [0.2, 0.25) is 12.4 Å². The van der Waals surface area contributed by atoms with Crippen molar-refractivity contribution in [3.05, 3.63) is 18.0 Å². The second kappa shape index (κ2) is 4.66. The van der Waals surface area contributed by atoms with Crippen molar-refractivity contribution < 1.29 is 22.0 Å². The van der Waals surface area contributed by atoms with E-state index in [1.807, 2.05) is 0 Å². The van der Waals surface area contributed by atoms with Gasteiger partial charge in [0.05, 0.1) is 0 Å². The van der Waals surface area contributed by atoms with Crippen molar-refractivity contribution in [3.63, 3.8) is 0 Å². The van der Waals surface area contributed by atoms with Crippen molar-refractivity contribution in [3.8, 4) is 0 Å². The number of hydrogen-bond donors (Lipinski definition) is 0. The van der Waals surface area contributed by atoms with E-state index in [2.05, 4.69) is 9.97 Å². The third-order valence-corrected chi connectivity index (χ3v) is 2.80. The van der Waals surface area contributed by atoms with E-state index in [0.717, 1.165) is 12.3 Å². The molecule has 2 heterocycles. The molecule has 1 aromatic rings. The molecule has 1 atom stereocenters. The summed E-state index contributed by atoms with van der Waals surface area (Å²) in [6.45, 7) is 0.231. The van der Waals surface area contributed by atoms with Crippen LogP contribution in [0.2, 0.25) is 0 Å². The molecule has 1 unspecified atom stereocenters. The van der Waals surface area contributed by atoms with Gasteiger partial charge in [-0.15, -0.1) is 0 Å². The highest BCUT2D eigenvalue weighted by Crippen LogP contribution is 2.30. The molecule has 0 radical (unpaired) electrons. The third kappa shape index (κ3) is 2.68. The molecule has 8 heteroatoms. The van der Waals surface area contributed by atoms with Gasteiger partial charge in [-0.25, -0.2) is 18.7 Å². The van der Waals surface area contributed by atoms with Crippen molar-refractivity contribution in [2.75, 3.05) is 18.0 Å². The fraction of sp³-hybridized carbons (Fsp3) is 0.600. The van der Waals surface area contributed by atoms with Gasteiger partial charge in [0.1, 0.15) is 5.69 Å². The van der Waals surface area contributed by atoms with Crippen molar-refractivity contribution in [2.24, 2.45) is 5.92 Å². The van der Waals surface area contributed by atoms with E-state index < -0.39 is 24.2 Å². The third-order valence-electron chi connectivity index (χ3n) is 2.80. The van der Waals surface area contributed by atoms with Gasteiger partial charge in [-0.2, -0.15) is 13.2 Å². The molecular formula is C10H10F5N3. The highest BCUT2D eigenvalue weighted by Gasteiger charge is 2.35. The molecule has 0 saturated carbocycles. The minimum atomic E-state index is -4.56. The summed E-state index contributed by atoms with van der Waals surface area (Å²) in [7, 11) is 0. The molecule has 1 fully saturated rings. The van der Waals surface area contributed by atoms with Gasteiger partial charge in [0, 0.05) is 25.2 Å². The lowest BCUT2D eigenvalue weighted by atomic mass is 10.1. The van der Waals surface area contributed by atoms with Crippen LogP contribution in [0.1, 0.15) is 12.1 Å². The summed E-state index contributed by atoms with van der Waals surface area (Å²) in [6.07, 6.45) is -5.81. The molecule has 1 aromatic heterocycles. The van der Waals surface area contributed by atoms with Crippen LogP contribution >= 0.6 is 0 Å². The minimum Gasteiger partial charge on any atom is -0.340 e. The average molecular weight is 267 g/mol. The minimum absolute atomic E-state index is 0.0149. The van der Waals surface area contributed by atoms with E-state index >= 15 is 0 Å². The van der Waals surface area contributed by atoms with Crippen LogP contribution in [0.3, 0.4) is 0 Å². The fourth-order valence-corrected chi connectivity index (χ4v) is 1.83. The second-order valence-electron chi connectivity index (χ2n) is 4.07. The van der Waals surface area contributed by atoms with Gasteiger partial charge < -0.3 is 4.90 Å². The Morgan fingerprint density at radius 1 is 1.33 bits per heavy atom. The van der Waals surface area contributed by atoms with Crippen LogP contribution in [-0.2, 0) is 6.18 Å². The van der Waals surface area contributed by atoms with Gasteiger partial charge in [0.25, 0.3) is 0 Å². The normalized spacial score (nSPS) is 20.8. The Morgan fingerprint density at radius 3 is 2.61 bits per heavy atom. The average Bonchev–Trinajstić information content (AvgIpc) is 2.77. The van der Waals surface area contributed by atoms with Crippen molar-refractivity contribution in [2.45, 2.75) is 19.0 Å². The number of halogens is 5. The number of anilines is 1. The van der Waals surface area contributed by atoms with Crippen molar-refractivity contribution >= 4 is 5.95 Å². The van der Waals surface area contributed by atoms with E-state index in [4.69, 9.17) is 0 Å². The molecule has 0 aromatic carbocycles. The lowest BCUT2D eigenvalue weighted by Gasteiger charge is -2.17. The first-order chi connectivity index (χ1) is 8.38. The summed E-state index contributed by atoms with van der Waals surface area (Å²) in [5, 5.41) is 0. The van der Waals surface area contributed by atoms with E-state index in [1.165, 1.54) is 4.90 Å². The first-order valence-corrected chi connectivity index (χ1v) is 5.31. The Balaban J connectivity index is 2.15. The zero-order valence-corrected chi connectivity index (χ0v) is 9.16. The summed E-state index contributed by atoms with van der Waals surface area (Å²) >= 11 is 0. The maximum absolute atomic E-state index is 12.5. The van der Waals surface area contributed by atoms with Crippen LogP contribution in [0.15, 0.2) is 12.3 Å². The Kier molecular flexibility index (Phi) is 3.36. The maximum atomic E-state index is 12.5. The number of rotatable bonds is 2. The molecule has 2 rings (SSSR count). The second-order valence-corrected chi connectivity index (χ2v) is 4.07. The Hall–Kier alpha value is -1.47. The van der Waals surface area contributed by atoms with Gasteiger partial charge in [-0.3, -0.25) is 0 Å². The van der Waals surface area contributed by atoms with Crippen LogP contribution in [0.4, 0.5) is 27.9 Å². The van der Waals surface area contributed by atoms with Gasteiger partial charge in [0.15, 0.2) is 0 Å². The van der Waals surface area contributed by atoms with Crippen LogP contribution in [-0.4, -0.2) is 29.5 Å². The standard InChI is InChI=1S/C10H10F5N3/c11-8(12)6-2-4-18(5-6)9-16-3-1-7(17-9)10(13,14)15/h1,3,6,8H,2,4-5H2. The van der Waals surface area contributed by atoms with Gasteiger partial charge >= 0.3 is 6.18 Å². The molecule has 100 valence electrons. The summed E-state index contributed by atoms with van der Waals surface area (Å²) < 4.78 is 62.2.